The Morgan fingerprint density at radius 1 is 1.00 bits per heavy atom. The summed E-state index contributed by atoms with van der Waals surface area (Å²) in [6, 6.07) is 26.4. The first-order chi connectivity index (χ1) is 16.6. The molecule has 0 spiro atoms. The van der Waals surface area contributed by atoms with Crippen molar-refractivity contribution in [2.24, 2.45) is 7.05 Å². The minimum Gasteiger partial charge on any atom is -0.488 e. The van der Waals surface area contributed by atoms with Gasteiger partial charge in [-0.25, -0.2) is 4.79 Å². The lowest BCUT2D eigenvalue weighted by molar-refractivity contribution is 0.0600. The van der Waals surface area contributed by atoms with Gasteiger partial charge in [0.25, 0.3) is 0 Å². The van der Waals surface area contributed by atoms with E-state index in [-0.39, 0.29) is 5.97 Å². The molecular formula is C27H22N4O3. The first-order valence-corrected chi connectivity index (χ1v) is 10.6. The van der Waals surface area contributed by atoms with E-state index in [2.05, 4.69) is 16.3 Å². The van der Waals surface area contributed by atoms with Gasteiger partial charge in [0.15, 0.2) is 11.6 Å². The van der Waals surface area contributed by atoms with Crippen molar-refractivity contribution in [3.63, 3.8) is 0 Å². The van der Waals surface area contributed by atoms with Gasteiger partial charge in [0.2, 0.25) is 0 Å². The van der Waals surface area contributed by atoms with Gasteiger partial charge in [-0.2, -0.15) is 5.26 Å². The summed E-state index contributed by atoms with van der Waals surface area (Å²) < 4.78 is 12.6. The molecule has 0 aliphatic carbocycles. The van der Waals surface area contributed by atoms with E-state index in [1.54, 1.807) is 22.8 Å². The number of carbonyl (C=O) groups excluding carboxylic acids is 1. The molecule has 0 atom stereocenters. The van der Waals surface area contributed by atoms with E-state index in [4.69, 9.17) is 9.47 Å². The second-order valence-corrected chi connectivity index (χ2v) is 7.46. The van der Waals surface area contributed by atoms with Crippen molar-refractivity contribution in [1.82, 2.24) is 14.8 Å². The summed E-state index contributed by atoms with van der Waals surface area (Å²) in [4.78, 5) is 11.6. The van der Waals surface area contributed by atoms with E-state index in [1.807, 2.05) is 73.8 Å². The Bertz CT molecular complexity index is 1370. The summed E-state index contributed by atoms with van der Waals surface area (Å²) in [6.07, 6.45) is 1.74. The Balaban J connectivity index is 1.57. The van der Waals surface area contributed by atoms with Crippen LogP contribution in [0.1, 0.15) is 27.3 Å². The van der Waals surface area contributed by atoms with Crippen molar-refractivity contribution in [2.75, 3.05) is 7.11 Å². The highest BCUT2D eigenvalue weighted by molar-refractivity contribution is 5.89. The number of rotatable bonds is 7. The molecule has 0 aliphatic rings. The summed E-state index contributed by atoms with van der Waals surface area (Å²) in [6.45, 7) is 0.302. The quantitative estimate of drug-likeness (QED) is 0.293. The maximum Gasteiger partial charge on any atom is 0.337 e. The SMILES string of the molecule is COC(=O)c1ccc(COc2ccccc2/C=C(/C#N)c2nnc(-c3ccccc3)n2C)cc1. The average molecular weight is 450 g/mol. The average Bonchev–Trinajstić information content (AvgIpc) is 3.27. The predicted molar refractivity (Wildman–Crippen MR) is 128 cm³/mol. The number of nitrogens with zero attached hydrogens (tertiary/aromatic N) is 4. The van der Waals surface area contributed by atoms with Gasteiger partial charge in [-0.1, -0.05) is 60.7 Å². The lowest BCUT2D eigenvalue weighted by Crippen LogP contribution is -2.02. The normalized spacial score (nSPS) is 11.0. The van der Waals surface area contributed by atoms with Gasteiger partial charge in [-0.3, -0.25) is 0 Å². The molecule has 0 unspecified atom stereocenters. The van der Waals surface area contributed by atoms with Crippen LogP contribution in [0.4, 0.5) is 0 Å². The molecule has 0 saturated heterocycles. The highest BCUT2D eigenvalue weighted by Crippen LogP contribution is 2.26. The van der Waals surface area contributed by atoms with E-state index in [0.29, 0.717) is 35.1 Å². The van der Waals surface area contributed by atoms with Gasteiger partial charge in [-0.15, -0.1) is 10.2 Å². The molecule has 0 bridgehead atoms. The number of aromatic nitrogens is 3. The fourth-order valence-corrected chi connectivity index (χ4v) is 3.45. The van der Waals surface area contributed by atoms with Crippen LogP contribution in [-0.2, 0) is 18.4 Å². The van der Waals surface area contributed by atoms with Crippen LogP contribution in [0.15, 0.2) is 78.9 Å². The molecule has 1 heterocycles. The number of ether oxygens (including phenoxy) is 2. The lowest BCUT2D eigenvalue weighted by Gasteiger charge is -2.10. The second kappa shape index (κ2) is 10.3. The first kappa shape index (κ1) is 22.5. The third-order valence-corrected chi connectivity index (χ3v) is 5.26. The third kappa shape index (κ3) is 4.87. The van der Waals surface area contributed by atoms with E-state index in [0.717, 1.165) is 16.7 Å². The number of benzene rings is 3. The molecule has 34 heavy (non-hydrogen) atoms. The summed E-state index contributed by atoms with van der Waals surface area (Å²) in [5.41, 5.74) is 3.41. The van der Waals surface area contributed by atoms with Gasteiger partial charge in [0.05, 0.1) is 18.2 Å². The smallest absolute Gasteiger partial charge is 0.337 e. The summed E-state index contributed by atoms with van der Waals surface area (Å²) >= 11 is 0. The Morgan fingerprint density at radius 3 is 2.41 bits per heavy atom. The molecule has 4 aromatic rings. The van der Waals surface area contributed by atoms with Gasteiger partial charge in [-0.05, 0) is 29.8 Å². The van der Waals surface area contributed by atoms with Crippen LogP contribution in [0.3, 0.4) is 0 Å². The van der Waals surface area contributed by atoms with Gasteiger partial charge in [0, 0.05) is 18.2 Å². The third-order valence-electron chi connectivity index (χ3n) is 5.26. The number of esters is 1. The molecule has 0 radical (unpaired) electrons. The zero-order valence-electron chi connectivity index (χ0n) is 18.8. The van der Waals surface area contributed by atoms with Crippen LogP contribution in [0.25, 0.3) is 23.0 Å². The topological polar surface area (TPSA) is 90.0 Å². The van der Waals surface area contributed by atoms with Crippen LogP contribution in [0, 0.1) is 11.3 Å². The summed E-state index contributed by atoms with van der Waals surface area (Å²) in [5.74, 6) is 1.38. The van der Waals surface area contributed by atoms with Gasteiger partial charge < -0.3 is 14.0 Å². The van der Waals surface area contributed by atoms with Crippen LogP contribution in [-0.4, -0.2) is 27.8 Å². The van der Waals surface area contributed by atoms with Crippen molar-refractivity contribution in [1.29, 1.82) is 5.26 Å². The molecule has 0 saturated carbocycles. The van der Waals surface area contributed by atoms with Crippen LogP contribution in [0.5, 0.6) is 5.75 Å². The zero-order chi connectivity index (χ0) is 23.9. The number of para-hydroxylation sites is 1. The number of carbonyl (C=O) groups is 1. The highest BCUT2D eigenvalue weighted by Gasteiger charge is 2.15. The van der Waals surface area contributed by atoms with E-state index >= 15 is 0 Å². The second-order valence-electron chi connectivity index (χ2n) is 7.46. The van der Waals surface area contributed by atoms with Gasteiger partial charge in [0.1, 0.15) is 18.4 Å². The molecule has 0 fully saturated rings. The van der Waals surface area contributed by atoms with Crippen molar-refractivity contribution in [2.45, 2.75) is 6.61 Å². The van der Waals surface area contributed by atoms with Crippen molar-refractivity contribution >= 4 is 17.6 Å². The fraction of sp³-hybridized carbons (Fsp3) is 0.111. The molecule has 4 rings (SSSR count). The lowest BCUT2D eigenvalue weighted by atomic mass is 10.1. The summed E-state index contributed by atoms with van der Waals surface area (Å²) in [7, 11) is 3.19. The Hall–Kier alpha value is -4.70. The van der Waals surface area contributed by atoms with Crippen LogP contribution < -0.4 is 4.74 Å². The Morgan fingerprint density at radius 2 is 1.71 bits per heavy atom. The number of nitriles is 1. The standard InChI is InChI=1S/C27H22N4O3/c1-31-25(20-8-4-3-5-9-20)29-30-26(31)23(17-28)16-22-10-6-7-11-24(22)34-18-19-12-14-21(15-13-19)27(32)33-2/h3-16H,18H2,1-2H3/b23-16-. The Kier molecular flexibility index (Phi) is 6.80. The molecule has 7 nitrogen and oxygen atoms in total. The molecular weight excluding hydrogens is 428 g/mol. The number of hydrogen-bond acceptors (Lipinski definition) is 6. The fourth-order valence-electron chi connectivity index (χ4n) is 3.45. The highest BCUT2D eigenvalue weighted by atomic mass is 16.5. The van der Waals surface area contributed by atoms with Crippen molar-refractivity contribution < 1.29 is 14.3 Å². The zero-order valence-corrected chi connectivity index (χ0v) is 18.8. The minimum absolute atomic E-state index is 0.302. The molecule has 3 aromatic carbocycles. The minimum atomic E-state index is -0.383. The van der Waals surface area contributed by atoms with E-state index < -0.39 is 0 Å². The molecule has 7 heteroatoms. The molecule has 0 aliphatic heterocycles. The van der Waals surface area contributed by atoms with E-state index in [1.165, 1.54) is 7.11 Å². The molecule has 1 aromatic heterocycles. The van der Waals surface area contributed by atoms with Gasteiger partial charge >= 0.3 is 5.97 Å². The summed E-state index contributed by atoms with van der Waals surface area (Å²) in [5, 5.41) is 18.4. The van der Waals surface area contributed by atoms with E-state index in [9.17, 15) is 10.1 Å². The largest absolute Gasteiger partial charge is 0.488 e. The van der Waals surface area contributed by atoms with Crippen molar-refractivity contribution in [3.05, 3.63) is 101 Å². The molecule has 0 N–H and O–H groups in total. The van der Waals surface area contributed by atoms with Crippen LogP contribution in [0.2, 0.25) is 0 Å². The number of hydrogen-bond donors (Lipinski definition) is 0. The maximum absolute atomic E-state index is 11.6. The van der Waals surface area contributed by atoms with Crippen molar-refractivity contribution in [3.8, 4) is 23.2 Å². The maximum atomic E-state index is 11.6. The first-order valence-electron chi connectivity index (χ1n) is 10.6. The van der Waals surface area contributed by atoms with Crippen LogP contribution >= 0.6 is 0 Å². The predicted octanol–water partition coefficient (Wildman–Crippen LogP) is 4.91. The Labute approximate surface area is 197 Å². The molecule has 168 valence electrons. The molecule has 0 amide bonds. The number of allylic oxidation sites excluding steroid dienone is 1. The monoisotopic (exact) mass is 450 g/mol. The number of methoxy groups -OCH3 is 1.